The van der Waals surface area contributed by atoms with Gasteiger partial charge >= 0.3 is 6.18 Å². The number of aryl methyl sites for hydroxylation is 1. The summed E-state index contributed by atoms with van der Waals surface area (Å²) in [5, 5.41) is 6.47. The molecule has 0 saturated carbocycles. The minimum absolute atomic E-state index is 0.00266. The number of alkyl halides is 3. The molecule has 1 fully saturated rings. The summed E-state index contributed by atoms with van der Waals surface area (Å²) >= 11 is 0. The second kappa shape index (κ2) is 9.82. The van der Waals surface area contributed by atoms with Gasteiger partial charge in [-0.3, -0.25) is 9.89 Å². The van der Waals surface area contributed by atoms with Crippen molar-refractivity contribution in [2.24, 2.45) is 4.99 Å². The zero-order valence-electron chi connectivity index (χ0n) is 16.3. The normalized spacial score (nSPS) is 18.6. The largest absolute Gasteiger partial charge is 0.401 e. The maximum absolute atomic E-state index is 12.5. The molecule has 5 nitrogen and oxygen atoms in total. The highest BCUT2D eigenvalue weighted by molar-refractivity contribution is 5.80. The van der Waals surface area contributed by atoms with Crippen molar-refractivity contribution in [3.05, 3.63) is 29.8 Å². The fourth-order valence-electron chi connectivity index (χ4n) is 3.20. The lowest BCUT2D eigenvalue weighted by Crippen LogP contribution is -2.45. The zero-order chi connectivity index (χ0) is 19.9. The molecule has 1 aromatic carbocycles. The van der Waals surface area contributed by atoms with Crippen LogP contribution in [0, 0.1) is 0 Å². The van der Waals surface area contributed by atoms with Crippen molar-refractivity contribution in [3.63, 3.8) is 0 Å². The Bertz CT molecular complexity index is 598. The molecule has 1 heterocycles. The summed E-state index contributed by atoms with van der Waals surface area (Å²) in [7, 11) is 5.71. The second-order valence-electron chi connectivity index (χ2n) is 7.14. The van der Waals surface area contributed by atoms with Crippen LogP contribution in [0.2, 0.25) is 0 Å². The van der Waals surface area contributed by atoms with Gasteiger partial charge < -0.3 is 15.5 Å². The van der Waals surface area contributed by atoms with Crippen molar-refractivity contribution >= 4 is 11.6 Å². The molecule has 2 rings (SSSR count). The van der Waals surface area contributed by atoms with Crippen molar-refractivity contribution < 1.29 is 13.2 Å². The predicted molar refractivity (Wildman–Crippen MR) is 104 cm³/mol. The number of hydrogen-bond donors (Lipinski definition) is 2. The summed E-state index contributed by atoms with van der Waals surface area (Å²) in [4.78, 5) is 7.68. The fraction of sp³-hybridized carbons (Fsp3) is 0.632. The zero-order valence-corrected chi connectivity index (χ0v) is 16.3. The maximum atomic E-state index is 12.5. The molecule has 1 aromatic rings. The van der Waals surface area contributed by atoms with Crippen LogP contribution in [0.1, 0.15) is 18.4 Å². The summed E-state index contributed by atoms with van der Waals surface area (Å²) in [6.45, 7) is 0.757. The summed E-state index contributed by atoms with van der Waals surface area (Å²) in [5.74, 6) is 0.650. The first-order valence-corrected chi connectivity index (χ1v) is 9.29. The van der Waals surface area contributed by atoms with Gasteiger partial charge in [0, 0.05) is 52.5 Å². The first-order valence-electron chi connectivity index (χ1n) is 9.29. The Kier molecular flexibility index (Phi) is 7.77. The molecule has 0 radical (unpaired) electrons. The van der Waals surface area contributed by atoms with E-state index in [-0.39, 0.29) is 6.04 Å². The van der Waals surface area contributed by atoms with Gasteiger partial charge in [0.15, 0.2) is 5.96 Å². The molecule has 0 spiro atoms. The molecular formula is C19H30F3N5. The molecular weight excluding hydrogens is 355 g/mol. The van der Waals surface area contributed by atoms with Crippen LogP contribution in [0.5, 0.6) is 0 Å². The third-order valence-corrected chi connectivity index (χ3v) is 4.63. The average molecular weight is 385 g/mol. The molecule has 0 amide bonds. The molecule has 8 heteroatoms. The number of halogens is 3. The number of benzene rings is 1. The van der Waals surface area contributed by atoms with Crippen molar-refractivity contribution in [2.45, 2.75) is 31.5 Å². The van der Waals surface area contributed by atoms with Crippen LogP contribution in [-0.4, -0.2) is 70.4 Å². The molecule has 1 aliphatic heterocycles. The maximum Gasteiger partial charge on any atom is 0.401 e. The SMILES string of the molecule is CN=C(NCCCc1ccc(N(C)C)cc1)NC1CCN(CC(F)(F)F)C1. The van der Waals surface area contributed by atoms with Gasteiger partial charge in [0.05, 0.1) is 6.54 Å². The van der Waals surface area contributed by atoms with Crippen molar-refractivity contribution in [2.75, 3.05) is 52.2 Å². The Balaban J connectivity index is 1.67. The van der Waals surface area contributed by atoms with Gasteiger partial charge in [0.1, 0.15) is 0 Å². The third kappa shape index (κ3) is 7.66. The van der Waals surface area contributed by atoms with E-state index in [1.54, 1.807) is 7.05 Å². The van der Waals surface area contributed by atoms with Crippen LogP contribution >= 0.6 is 0 Å². The van der Waals surface area contributed by atoms with E-state index in [1.807, 2.05) is 14.1 Å². The van der Waals surface area contributed by atoms with E-state index >= 15 is 0 Å². The Hall–Kier alpha value is -1.96. The Morgan fingerprint density at radius 1 is 1.26 bits per heavy atom. The topological polar surface area (TPSA) is 42.9 Å². The number of guanidine groups is 1. The Labute approximate surface area is 159 Å². The first-order chi connectivity index (χ1) is 12.8. The van der Waals surface area contributed by atoms with Gasteiger partial charge in [-0.1, -0.05) is 12.1 Å². The first kappa shape index (κ1) is 21.3. The quantitative estimate of drug-likeness (QED) is 0.430. The molecule has 0 aromatic heterocycles. The van der Waals surface area contributed by atoms with Crippen molar-refractivity contribution in [1.29, 1.82) is 0 Å². The van der Waals surface area contributed by atoms with Crippen LogP contribution in [0.3, 0.4) is 0 Å². The molecule has 1 atom stereocenters. The second-order valence-corrected chi connectivity index (χ2v) is 7.14. The van der Waals surface area contributed by atoms with E-state index in [9.17, 15) is 13.2 Å². The van der Waals surface area contributed by atoms with E-state index in [4.69, 9.17) is 0 Å². The number of nitrogens with zero attached hydrogens (tertiary/aromatic N) is 3. The van der Waals surface area contributed by atoms with Crippen LogP contribution < -0.4 is 15.5 Å². The number of hydrogen-bond acceptors (Lipinski definition) is 3. The minimum Gasteiger partial charge on any atom is -0.378 e. The Morgan fingerprint density at radius 2 is 1.96 bits per heavy atom. The number of rotatable bonds is 7. The smallest absolute Gasteiger partial charge is 0.378 e. The van der Waals surface area contributed by atoms with Gasteiger partial charge in [0.25, 0.3) is 0 Å². The van der Waals surface area contributed by atoms with Gasteiger partial charge in [0.2, 0.25) is 0 Å². The summed E-state index contributed by atoms with van der Waals surface area (Å²) in [6.07, 6.45) is -1.54. The van der Waals surface area contributed by atoms with E-state index < -0.39 is 12.7 Å². The number of anilines is 1. The lowest BCUT2D eigenvalue weighted by Gasteiger charge is -2.19. The summed E-state index contributed by atoms with van der Waals surface area (Å²) < 4.78 is 37.4. The third-order valence-electron chi connectivity index (χ3n) is 4.63. The van der Waals surface area contributed by atoms with E-state index in [0.29, 0.717) is 25.5 Å². The molecule has 1 unspecified atom stereocenters. The van der Waals surface area contributed by atoms with Crippen LogP contribution in [0.4, 0.5) is 18.9 Å². The van der Waals surface area contributed by atoms with Gasteiger partial charge in [-0.2, -0.15) is 13.2 Å². The molecule has 2 N–H and O–H groups in total. The van der Waals surface area contributed by atoms with Gasteiger partial charge in [-0.05, 0) is 37.0 Å². The molecule has 1 saturated heterocycles. The van der Waals surface area contributed by atoms with Crippen LogP contribution in [0.15, 0.2) is 29.3 Å². The standard InChI is InChI=1S/C19H30F3N5/c1-23-18(25-16-10-12-27(13-16)14-19(20,21)22)24-11-4-5-15-6-8-17(9-7-15)26(2)3/h6-9,16H,4-5,10-14H2,1-3H3,(H2,23,24,25). The highest BCUT2D eigenvalue weighted by Gasteiger charge is 2.34. The highest BCUT2D eigenvalue weighted by atomic mass is 19.4. The predicted octanol–water partition coefficient (Wildman–Crippen LogP) is 2.49. The molecule has 1 aliphatic rings. The lowest BCUT2D eigenvalue weighted by atomic mass is 10.1. The monoisotopic (exact) mass is 385 g/mol. The van der Waals surface area contributed by atoms with Gasteiger partial charge in [-0.15, -0.1) is 0 Å². The number of aliphatic imine (C=N–C) groups is 1. The highest BCUT2D eigenvalue weighted by Crippen LogP contribution is 2.20. The van der Waals surface area contributed by atoms with Crippen LogP contribution in [0.25, 0.3) is 0 Å². The number of likely N-dealkylation sites (tertiary alicyclic amines) is 1. The molecule has 0 aliphatic carbocycles. The fourth-order valence-corrected chi connectivity index (χ4v) is 3.20. The van der Waals surface area contributed by atoms with E-state index in [1.165, 1.54) is 16.2 Å². The summed E-state index contributed by atoms with van der Waals surface area (Å²) in [5.41, 5.74) is 2.46. The molecule has 152 valence electrons. The van der Waals surface area contributed by atoms with E-state index in [0.717, 1.165) is 19.4 Å². The van der Waals surface area contributed by atoms with Crippen molar-refractivity contribution in [1.82, 2.24) is 15.5 Å². The van der Waals surface area contributed by atoms with Gasteiger partial charge in [-0.25, -0.2) is 0 Å². The average Bonchev–Trinajstić information content (AvgIpc) is 3.02. The van der Waals surface area contributed by atoms with Crippen molar-refractivity contribution in [3.8, 4) is 0 Å². The molecule has 0 bridgehead atoms. The number of nitrogens with one attached hydrogen (secondary N) is 2. The minimum atomic E-state index is -4.14. The Morgan fingerprint density at radius 3 is 2.56 bits per heavy atom. The lowest BCUT2D eigenvalue weighted by molar-refractivity contribution is -0.143. The molecule has 27 heavy (non-hydrogen) atoms. The summed E-state index contributed by atoms with van der Waals surface area (Å²) in [6, 6.07) is 8.48. The van der Waals surface area contributed by atoms with E-state index in [2.05, 4.69) is 44.8 Å². The van der Waals surface area contributed by atoms with Crippen LogP contribution in [-0.2, 0) is 6.42 Å².